The van der Waals surface area contributed by atoms with Crippen molar-refractivity contribution in [1.29, 1.82) is 0 Å². The van der Waals surface area contributed by atoms with E-state index in [-0.39, 0.29) is 18.7 Å². The van der Waals surface area contributed by atoms with E-state index in [0.29, 0.717) is 0 Å². The Labute approximate surface area is 95.3 Å². The van der Waals surface area contributed by atoms with E-state index in [1.807, 2.05) is 0 Å². The van der Waals surface area contributed by atoms with E-state index in [1.165, 1.54) is 0 Å². The van der Waals surface area contributed by atoms with Crippen LogP contribution in [0.2, 0.25) is 0 Å². The minimum atomic E-state index is -0.824. The molecule has 1 aromatic rings. The summed E-state index contributed by atoms with van der Waals surface area (Å²) in [5.74, 6) is 0. The van der Waals surface area contributed by atoms with E-state index in [1.54, 1.807) is 0 Å². The SMILES string of the molecule is O=[N+]([O-])c1cnn(O[C@H]2C[C@H](O)[C@@H](CO)O2)c1. The molecule has 1 aromatic heterocycles. The Morgan fingerprint density at radius 2 is 2.53 bits per heavy atom. The molecule has 2 N–H and O–H groups in total. The summed E-state index contributed by atoms with van der Waals surface area (Å²) in [4.78, 5) is 15.8. The van der Waals surface area contributed by atoms with E-state index in [2.05, 4.69) is 5.10 Å². The van der Waals surface area contributed by atoms with Gasteiger partial charge in [-0.15, -0.1) is 5.10 Å². The lowest BCUT2D eigenvalue weighted by atomic mass is 10.2. The van der Waals surface area contributed by atoms with E-state index in [0.717, 1.165) is 17.2 Å². The highest BCUT2D eigenvalue weighted by atomic mass is 16.8. The van der Waals surface area contributed by atoms with Gasteiger partial charge in [0.25, 0.3) is 0 Å². The number of hydrogen-bond acceptors (Lipinski definition) is 7. The molecule has 17 heavy (non-hydrogen) atoms. The van der Waals surface area contributed by atoms with Gasteiger partial charge < -0.3 is 19.8 Å². The van der Waals surface area contributed by atoms with Gasteiger partial charge in [-0.2, -0.15) is 0 Å². The molecule has 94 valence electrons. The number of nitrogens with zero attached hydrogens (tertiary/aromatic N) is 3. The molecule has 0 spiro atoms. The predicted molar refractivity (Wildman–Crippen MR) is 51.8 cm³/mol. The molecule has 0 saturated carbocycles. The number of rotatable bonds is 4. The van der Waals surface area contributed by atoms with Gasteiger partial charge in [0.05, 0.1) is 17.6 Å². The number of nitro groups is 1. The minimum Gasteiger partial charge on any atom is -0.394 e. The number of ether oxygens (including phenoxy) is 1. The number of aliphatic hydroxyl groups excluding tert-OH is 2. The third-order valence-corrected chi connectivity index (χ3v) is 2.35. The van der Waals surface area contributed by atoms with Crippen LogP contribution in [0.4, 0.5) is 5.69 Å². The molecule has 1 aliphatic rings. The molecule has 3 atom stereocenters. The van der Waals surface area contributed by atoms with E-state index >= 15 is 0 Å². The maximum atomic E-state index is 10.4. The standard InChI is InChI=1S/C8H11N3O6/c12-4-7-6(13)1-8(16-7)17-10-3-5(2-9-10)11(14)15/h2-3,6-8,12-13H,1,4H2/t6-,7+,8-/m0/s1. The molecule has 2 heterocycles. The predicted octanol–water partition coefficient (Wildman–Crippen LogP) is -1.31. The quantitative estimate of drug-likeness (QED) is 0.499. The Bertz CT molecular complexity index is 408. The van der Waals surface area contributed by atoms with Gasteiger partial charge in [0, 0.05) is 6.42 Å². The van der Waals surface area contributed by atoms with Gasteiger partial charge in [0.1, 0.15) is 18.5 Å². The molecule has 2 rings (SSSR count). The molecule has 0 unspecified atom stereocenters. The first-order chi connectivity index (χ1) is 8.10. The molecule has 0 amide bonds. The summed E-state index contributed by atoms with van der Waals surface area (Å²) >= 11 is 0. The van der Waals surface area contributed by atoms with Crippen LogP contribution >= 0.6 is 0 Å². The third-order valence-electron chi connectivity index (χ3n) is 2.35. The van der Waals surface area contributed by atoms with E-state index < -0.39 is 23.4 Å². The zero-order valence-electron chi connectivity index (χ0n) is 8.67. The molecular weight excluding hydrogens is 234 g/mol. The summed E-state index contributed by atoms with van der Waals surface area (Å²) in [5, 5.41) is 32.3. The van der Waals surface area contributed by atoms with Crippen LogP contribution in [-0.2, 0) is 4.74 Å². The summed E-state index contributed by atoms with van der Waals surface area (Å²) in [6.45, 7) is -0.319. The maximum Gasteiger partial charge on any atom is 0.310 e. The van der Waals surface area contributed by atoms with Crippen LogP contribution in [-0.4, -0.2) is 50.2 Å². The fourth-order valence-electron chi connectivity index (χ4n) is 1.49. The number of hydrogen-bond donors (Lipinski definition) is 2. The van der Waals surface area contributed by atoms with Gasteiger partial charge in [0.2, 0.25) is 6.29 Å². The lowest BCUT2D eigenvalue weighted by Gasteiger charge is -2.12. The van der Waals surface area contributed by atoms with Crippen LogP contribution in [0.3, 0.4) is 0 Å². The molecule has 0 aliphatic carbocycles. The fourth-order valence-corrected chi connectivity index (χ4v) is 1.49. The van der Waals surface area contributed by atoms with Gasteiger partial charge in [-0.05, 0) is 0 Å². The van der Waals surface area contributed by atoms with E-state index in [4.69, 9.17) is 14.7 Å². The second kappa shape index (κ2) is 4.65. The molecule has 1 fully saturated rings. The Hall–Kier alpha value is -1.71. The van der Waals surface area contributed by atoms with Gasteiger partial charge in [0.15, 0.2) is 0 Å². The zero-order chi connectivity index (χ0) is 12.4. The third kappa shape index (κ3) is 2.52. The van der Waals surface area contributed by atoms with Gasteiger partial charge in [-0.25, -0.2) is 0 Å². The summed E-state index contributed by atoms with van der Waals surface area (Å²) < 4.78 is 5.14. The monoisotopic (exact) mass is 245 g/mol. The lowest BCUT2D eigenvalue weighted by Crippen LogP contribution is -2.27. The molecule has 1 saturated heterocycles. The second-order valence-electron chi connectivity index (χ2n) is 3.55. The largest absolute Gasteiger partial charge is 0.394 e. The van der Waals surface area contributed by atoms with Crippen molar-refractivity contribution >= 4 is 5.69 Å². The van der Waals surface area contributed by atoms with Crippen molar-refractivity contribution in [1.82, 2.24) is 9.94 Å². The highest BCUT2D eigenvalue weighted by Crippen LogP contribution is 2.19. The van der Waals surface area contributed by atoms with Gasteiger partial charge in [-0.1, -0.05) is 4.85 Å². The number of aromatic nitrogens is 2. The fraction of sp³-hybridized carbons (Fsp3) is 0.625. The van der Waals surface area contributed by atoms with Gasteiger partial charge >= 0.3 is 5.69 Å². The summed E-state index contributed by atoms with van der Waals surface area (Å²) in [5.41, 5.74) is -0.206. The van der Waals surface area contributed by atoms with Crippen LogP contribution in [0, 0.1) is 10.1 Å². The second-order valence-corrected chi connectivity index (χ2v) is 3.55. The average molecular weight is 245 g/mol. The maximum absolute atomic E-state index is 10.4. The molecule has 9 heteroatoms. The van der Waals surface area contributed by atoms with Crippen LogP contribution in [0.1, 0.15) is 6.42 Å². The molecular formula is C8H11N3O6. The van der Waals surface area contributed by atoms with Crippen molar-refractivity contribution in [3.05, 3.63) is 22.5 Å². The van der Waals surface area contributed by atoms with Crippen molar-refractivity contribution in [2.75, 3.05) is 6.61 Å². The van der Waals surface area contributed by atoms with Gasteiger partial charge in [-0.3, -0.25) is 10.1 Å². The number of aliphatic hydroxyl groups is 2. The van der Waals surface area contributed by atoms with Crippen molar-refractivity contribution in [3.8, 4) is 0 Å². The first-order valence-corrected chi connectivity index (χ1v) is 4.90. The molecule has 0 bridgehead atoms. The van der Waals surface area contributed by atoms with Crippen LogP contribution in [0.25, 0.3) is 0 Å². The Morgan fingerprint density at radius 3 is 3.06 bits per heavy atom. The van der Waals surface area contributed by atoms with Crippen LogP contribution < -0.4 is 4.84 Å². The van der Waals surface area contributed by atoms with Crippen molar-refractivity contribution in [2.24, 2.45) is 0 Å². The molecule has 0 aromatic carbocycles. The van der Waals surface area contributed by atoms with Crippen molar-refractivity contribution < 1.29 is 24.7 Å². The van der Waals surface area contributed by atoms with Crippen LogP contribution in [0.15, 0.2) is 12.4 Å². The first-order valence-electron chi connectivity index (χ1n) is 4.90. The molecule has 0 radical (unpaired) electrons. The molecule has 9 nitrogen and oxygen atoms in total. The molecule has 1 aliphatic heterocycles. The lowest BCUT2D eigenvalue weighted by molar-refractivity contribution is -0.385. The average Bonchev–Trinajstić information content (AvgIpc) is 2.86. The summed E-state index contributed by atoms with van der Waals surface area (Å²) in [6, 6.07) is 0. The highest BCUT2D eigenvalue weighted by Gasteiger charge is 2.35. The Kier molecular flexibility index (Phi) is 3.22. The van der Waals surface area contributed by atoms with Crippen LogP contribution in [0.5, 0.6) is 0 Å². The van der Waals surface area contributed by atoms with E-state index in [9.17, 15) is 15.2 Å². The zero-order valence-corrected chi connectivity index (χ0v) is 8.67. The van der Waals surface area contributed by atoms with Crippen molar-refractivity contribution in [2.45, 2.75) is 24.9 Å². The Morgan fingerprint density at radius 1 is 1.76 bits per heavy atom. The first kappa shape index (κ1) is 11.8. The topological polar surface area (TPSA) is 120 Å². The smallest absolute Gasteiger partial charge is 0.310 e. The van der Waals surface area contributed by atoms with Crippen molar-refractivity contribution in [3.63, 3.8) is 0 Å². The summed E-state index contributed by atoms with van der Waals surface area (Å²) in [6.07, 6.45) is -0.0294. The summed E-state index contributed by atoms with van der Waals surface area (Å²) in [7, 11) is 0. The Balaban J connectivity index is 1.95. The minimum absolute atomic E-state index is 0.166. The normalized spacial score (nSPS) is 28.2. The highest BCUT2D eigenvalue weighted by molar-refractivity contribution is 5.20.